The highest BCUT2D eigenvalue weighted by atomic mass is 35.5. The summed E-state index contributed by atoms with van der Waals surface area (Å²) in [6.45, 7) is 0. The molecule has 1 rings (SSSR count). The van der Waals surface area contributed by atoms with Crippen LogP contribution < -0.4 is 4.74 Å². The Kier molecular flexibility index (Phi) is 4.33. The van der Waals surface area contributed by atoms with Crippen molar-refractivity contribution in [1.29, 1.82) is 0 Å². The second-order valence-corrected chi connectivity index (χ2v) is 3.21. The summed E-state index contributed by atoms with van der Waals surface area (Å²) in [5.41, 5.74) is -0.836. The van der Waals surface area contributed by atoms with Gasteiger partial charge in [-0.15, -0.1) is 24.8 Å². The van der Waals surface area contributed by atoms with Crippen molar-refractivity contribution in [3.8, 4) is 5.88 Å². The molecule has 18 heavy (non-hydrogen) atoms. The van der Waals surface area contributed by atoms with Crippen molar-refractivity contribution in [2.75, 3.05) is 7.11 Å². The molecule has 1 aromatic heterocycles. The van der Waals surface area contributed by atoms with Crippen LogP contribution in [0.1, 0.15) is 15.9 Å². The maximum Gasteiger partial charge on any atom is 0.574 e. The van der Waals surface area contributed by atoms with Gasteiger partial charge in [-0.25, -0.2) is 14.2 Å². The Morgan fingerprint density at radius 3 is 2.56 bits per heavy atom. The van der Waals surface area contributed by atoms with Crippen molar-refractivity contribution in [1.82, 2.24) is 4.98 Å². The third-order valence-corrected chi connectivity index (χ3v) is 2.11. The smallest absolute Gasteiger partial charge is 0.465 e. The number of alkyl halides is 4. The lowest BCUT2D eigenvalue weighted by atomic mass is 10.1. The summed E-state index contributed by atoms with van der Waals surface area (Å²) < 4.78 is 57.0. The largest absolute Gasteiger partial charge is 0.574 e. The number of esters is 1. The van der Waals surface area contributed by atoms with Crippen LogP contribution >= 0.6 is 11.6 Å². The first kappa shape index (κ1) is 14.5. The maximum absolute atomic E-state index is 13.6. The molecule has 0 fully saturated rings. The van der Waals surface area contributed by atoms with Crippen LogP contribution in [0, 0.1) is 5.82 Å². The lowest BCUT2D eigenvalue weighted by molar-refractivity contribution is -0.277. The maximum atomic E-state index is 13.6. The number of carbonyl (C=O) groups excluding carboxylic acids is 1. The zero-order chi connectivity index (χ0) is 13.9. The summed E-state index contributed by atoms with van der Waals surface area (Å²) >= 11 is 5.37. The summed E-state index contributed by atoms with van der Waals surface area (Å²) in [4.78, 5) is 14.3. The molecule has 0 aliphatic carbocycles. The van der Waals surface area contributed by atoms with Gasteiger partial charge in [0.05, 0.1) is 18.6 Å². The van der Waals surface area contributed by atoms with E-state index in [4.69, 9.17) is 11.6 Å². The summed E-state index contributed by atoms with van der Waals surface area (Å²) in [5.74, 6) is -4.25. The molecule has 100 valence electrons. The van der Waals surface area contributed by atoms with Crippen molar-refractivity contribution in [2.24, 2.45) is 0 Å². The van der Waals surface area contributed by atoms with Gasteiger partial charge in [0, 0.05) is 11.8 Å². The molecule has 0 N–H and O–H groups in total. The summed E-state index contributed by atoms with van der Waals surface area (Å²) in [5, 5.41) is 0. The van der Waals surface area contributed by atoms with Crippen LogP contribution in [0.15, 0.2) is 6.20 Å². The van der Waals surface area contributed by atoms with Gasteiger partial charge in [-0.05, 0) is 0 Å². The number of nitrogens with zero attached hydrogens (tertiary/aromatic N) is 1. The van der Waals surface area contributed by atoms with Crippen molar-refractivity contribution in [3.05, 3.63) is 23.1 Å². The number of pyridine rings is 1. The van der Waals surface area contributed by atoms with E-state index >= 15 is 0 Å². The second-order valence-electron chi connectivity index (χ2n) is 2.94. The van der Waals surface area contributed by atoms with Gasteiger partial charge in [0.1, 0.15) is 0 Å². The molecular weight excluding hydrogens is 282 g/mol. The molecular formula is C9H6ClF4NO3. The van der Waals surface area contributed by atoms with Crippen LogP contribution in [0.2, 0.25) is 0 Å². The zero-order valence-corrected chi connectivity index (χ0v) is 9.60. The van der Waals surface area contributed by atoms with Gasteiger partial charge in [0.2, 0.25) is 0 Å². The fourth-order valence-electron chi connectivity index (χ4n) is 1.10. The number of carbonyl (C=O) groups is 1. The number of ether oxygens (including phenoxy) is 2. The Morgan fingerprint density at radius 1 is 1.50 bits per heavy atom. The molecule has 9 heteroatoms. The van der Waals surface area contributed by atoms with E-state index in [1.807, 2.05) is 0 Å². The van der Waals surface area contributed by atoms with Gasteiger partial charge < -0.3 is 9.47 Å². The summed E-state index contributed by atoms with van der Waals surface area (Å²) in [6.07, 6.45) is -4.39. The minimum Gasteiger partial charge on any atom is -0.465 e. The molecule has 0 saturated carbocycles. The normalized spacial score (nSPS) is 11.2. The van der Waals surface area contributed by atoms with E-state index in [-0.39, 0.29) is 5.56 Å². The molecule has 1 heterocycles. The standard InChI is InChI=1S/C9H6ClF4NO3/c1-17-8(16)5-3-15-7(18-9(12,13)14)6(11)4(5)2-10/h3H,2H2,1H3. The zero-order valence-electron chi connectivity index (χ0n) is 8.85. The predicted molar refractivity (Wildman–Crippen MR) is 51.8 cm³/mol. The van der Waals surface area contributed by atoms with Gasteiger partial charge in [0.15, 0.2) is 5.82 Å². The van der Waals surface area contributed by atoms with Gasteiger partial charge in [-0.1, -0.05) is 0 Å². The molecule has 0 atom stereocenters. The van der Waals surface area contributed by atoms with Gasteiger partial charge in [0.25, 0.3) is 5.88 Å². The van der Waals surface area contributed by atoms with E-state index in [1.165, 1.54) is 0 Å². The minimum atomic E-state index is -5.09. The number of hydrogen-bond donors (Lipinski definition) is 0. The number of rotatable bonds is 3. The quantitative estimate of drug-likeness (QED) is 0.487. The topological polar surface area (TPSA) is 48.4 Å². The molecule has 0 radical (unpaired) electrons. The SMILES string of the molecule is COC(=O)c1cnc(OC(F)(F)F)c(F)c1CCl. The minimum absolute atomic E-state index is 0.362. The Morgan fingerprint density at radius 2 is 2.11 bits per heavy atom. The first-order chi connectivity index (χ1) is 8.30. The van der Waals surface area contributed by atoms with E-state index in [0.717, 1.165) is 7.11 Å². The monoisotopic (exact) mass is 287 g/mol. The molecule has 0 aliphatic heterocycles. The number of methoxy groups -OCH3 is 1. The molecule has 0 aliphatic rings. The number of halogens is 5. The Hall–Kier alpha value is -1.57. The van der Waals surface area contributed by atoms with Gasteiger partial charge in [-0.2, -0.15) is 0 Å². The average Bonchev–Trinajstić information content (AvgIpc) is 2.28. The molecule has 1 aromatic rings. The average molecular weight is 288 g/mol. The predicted octanol–water partition coefficient (Wildman–Crippen LogP) is 2.64. The molecule has 0 saturated heterocycles. The van der Waals surface area contributed by atoms with E-state index in [9.17, 15) is 22.4 Å². The van der Waals surface area contributed by atoms with Crippen LogP contribution in [-0.2, 0) is 10.6 Å². The van der Waals surface area contributed by atoms with Crippen molar-refractivity contribution >= 4 is 17.6 Å². The lowest BCUT2D eigenvalue weighted by Crippen LogP contribution is -2.20. The van der Waals surface area contributed by atoms with Crippen molar-refractivity contribution in [2.45, 2.75) is 12.2 Å². The molecule has 4 nitrogen and oxygen atoms in total. The van der Waals surface area contributed by atoms with Crippen LogP contribution in [0.25, 0.3) is 0 Å². The van der Waals surface area contributed by atoms with E-state index in [0.29, 0.717) is 6.20 Å². The second kappa shape index (κ2) is 5.38. The summed E-state index contributed by atoms with van der Waals surface area (Å²) in [6, 6.07) is 0. The third-order valence-electron chi connectivity index (χ3n) is 1.84. The summed E-state index contributed by atoms with van der Waals surface area (Å²) in [7, 11) is 1.03. The van der Waals surface area contributed by atoms with Gasteiger partial charge in [-0.3, -0.25) is 0 Å². The van der Waals surface area contributed by atoms with Crippen molar-refractivity contribution < 1.29 is 31.8 Å². The van der Waals surface area contributed by atoms with Crippen LogP contribution in [0.3, 0.4) is 0 Å². The van der Waals surface area contributed by atoms with Crippen LogP contribution in [-0.4, -0.2) is 24.4 Å². The molecule has 0 aromatic carbocycles. The Bertz CT molecular complexity index is 464. The molecule has 0 unspecified atom stereocenters. The first-order valence-electron chi connectivity index (χ1n) is 4.37. The third kappa shape index (κ3) is 3.22. The molecule has 0 bridgehead atoms. The Labute approximate surface area is 103 Å². The fraction of sp³-hybridized carbons (Fsp3) is 0.333. The molecule has 0 amide bonds. The highest BCUT2D eigenvalue weighted by Gasteiger charge is 2.34. The van der Waals surface area contributed by atoms with E-state index < -0.39 is 35.5 Å². The number of hydrogen-bond acceptors (Lipinski definition) is 4. The van der Waals surface area contributed by atoms with Crippen LogP contribution in [0.5, 0.6) is 5.88 Å². The highest BCUT2D eigenvalue weighted by Crippen LogP contribution is 2.28. The van der Waals surface area contributed by atoms with E-state index in [2.05, 4.69) is 14.5 Å². The van der Waals surface area contributed by atoms with Crippen molar-refractivity contribution in [3.63, 3.8) is 0 Å². The number of aromatic nitrogens is 1. The Balaban J connectivity index is 3.24. The first-order valence-corrected chi connectivity index (χ1v) is 4.91. The van der Waals surface area contributed by atoms with Gasteiger partial charge >= 0.3 is 12.3 Å². The molecule has 0 spiro atoms. The lowest BCUT2D eigenvalue weighted by Gasteiger charge is -2.12. The fourth-order valence-corrected chi connectivity index (χ4v) is 1.36. The highest BCUT2D eigenvalue weighted by molar-refractivity contribution is 6.17. The van der Waals surface area contributed by atoms with Crippen LogP contribution in [0.4, 0.5) is 17.6 Å². The van der Waals surface area contributed by atoms with E-state index in [1.54, 1.807) is 0 Å².